The van der Waals surface area contributed by atoms with Crippen molar-refractivity contribution in [3.05, 3.63) is 53.4 Å². The summed E-state index contributed by atoms with van der Waals surface area (Å²) in [6, 6.07) is 12.1. The number of hydrogen-bond donors (Lipinski definition) is 2. The molecule has 0 bridgehead atoms. The molecule has 9 heteroatoms. The van der Waals surface area contributed by atoms with Crippen molar-refractivity contribution in [1.29, 1.82) is 5.26 Å². The predicted molar refractivity (Wildman–Crippen MR) is 126 cm³/mol. The smallest absolute Gasteiger partial charge is 0.335 e. The maximum absolute atomic E-state index is 12.5. The molecule has 34 heavy (non-hydrogen) atoms. The molecule has 0 spiro atoms. The number of nitrogens with one attached hydrogen (secondary N) is 1. The number of nitrogens with zero attached hydrogens (tertiary/aromatic N) is 3. The lowest BCUT2D eigenvalue weighted by Crippen LogP contribution is -2.48. The highest BCUT2D eigenvalue weighted by molar-refractivity contribution is 5.75. The fourth-order valence-electron chi connectivity index (χ4n) is 4.33. The van der Waals surface area contributed by atoms with Crippen LogP contribution in [0, 0.1) is 11.3 Å². The lowest BCUT2D eigenvalue weighted by Gasteiger charge is -2.39. The standard InChI is InChI=1S/C25H31N5O4/c1-24(2,3)34-23(31)19-9-11-25(12-13-26,16-33-19)30-18-10-14-28-22(20(18)21(27)29-30)32-15-17-7-5-4-6-8-17/h4-8,10,14,19,22,28H,9,11-12,15-16H2,1-3H3,(H2,27,29). The van der Waals surface area contributed by atoms with E-state index in [-0.39, 0.29) is 13.0 Å². The minimum absolute atomic E-state index is 0.148. The SMILES string of the molecule is CC(C)(C)OC(=O)C1CCC(CC#N)(n2nc(N)c3c2C=CNC3OCc2ccccc2)CO1. The summed E-state index contributed by atoms with van der Waals surface area (Å²) < 4.78 is 19.3. The van der Waals surface area contributed by atoms with Crippen LogP contribution in [-0.2, 0) is 31.2 Å². The minimum atomic E-state index is -0.749. The third kappa shape index (κ3) is 4.93. The van der Waals surface area contributed by atoms with Crippen LogP contribution in [0.2, 0.25) is 0 Å². The molecule has 2 aliphatic rings. The molecule has 0 radical (unpaired) electrons. The monoisotopic (exact) mass is 465 g/mol. The fraction of sp³-hybridized carbons (Fsp3) is 0.480. The Labute approximate surface area is 199 Å². The van der Waals surface area contributed by atoms with Gasteiger partial charge in [0.25, 0.3) is 0 Å². The van der Waals surface area contributed by atoms with Crippen molar-refractivity contribution < 1.29 is 19.0 Å². The molecule has 2 aliphatic heterocycles. The van der Waals surface area contributed by atoms with E-state index in [0.29, 0.717) is 25.3 Å². The van der Waals surface area contributed by atoms with Gasteiger partial charge in [0.1, 0.15) is 5.60 Å². The van der Waals surface area contributed by atoms with Gasteiger partial charge in [-0.1, -0.05) is 30.3 Å². The number of fused-ring (bicyclic) bond motifs is 1. The molecule has 0 amide bonds. The van der Waals surface area contributed by atoms with Crippen LogP contribution in [0.1, 0.15) is 63.1 Å². The van der Waals surface area contributed by atoms with E-state index in [1.54, 1.807) is 10.9 Å². The van der Waals surface area contributed by atoms with Gasteiger partial charge in [-0.3, -0.25) is 4.68 Å². The number of nitrogens with two attached hydrogens (primary N) is 1. The maximum Gasteiger partial charge on any atom is 0.335 e. The van der Waals surface area contributed by atoms with E-state index in [2.05, 4.69) is 16.5 Å². The van der Waals surface area contributed by atoms with E-state index in [4.69, 9.17) is 19.9 Å². The molecule has 1 fully saturated rings. The summed E-state index contributed by atoms with van der Waals surface area (Å²) in [5.74, 6) is -0.0602. The van der Waals surface area contributed by atoms with Crippen molar-refractivity contribution in [1.82, 2.24) is 15.1 Å². The number of aromatic nitrogens is 2. The van der Waals surface area contributed by atoms with Gasteiger partial charge in [0.2, 0.25) is 0 Å². The van der Waals surface area contributed by atoms with Gasteiger partial charge in [-0.05, 0) is 45.3 Å². The molecule has 9 nitrogen and oxygen atoms in total. The van der Waals surface area contributed by atoms with Crippen LogP contribution >= 0.6 is 0 Å². The highest BCUT2D eigenvalue weighted by Gasteiger charge is 2.44. The second kappa shape index (κ2) is 9.49. The van der Waals surface area contributed by atoms with E-state index in [1.165, 1.54) is 0 Å². The van der Waals surface area contributed by atoms with E-state index in [1.807, 2.05) is 57.2 Å². The zero-order valence-corrected chi connectivity index (χ0v) is 19.8. The first kappa shape index (κ1) is 23.8. The number of hydrogen-bond acceptors (Lipinski definition) is 8. The maximum atomic E-state index is 12.5. The van der Waals surface area contributed by atoms with Crippen LogP contribution in [0.5, 0.6) is 0 Å². The fourth-order valence-corrected chi connectivity index (χ4v) is 4.33. The zero-order chi connectivity index (χ0) is 24.3. The van der Waals surface area contributed by atoms with Crippen molar-refractivity contribution in [2.45, 2.75) is 70.1 Å². The number of ether oxygens (including phenoxy) is 3. The minimum Gasteiger partial charge on any atom is -0.458 e. The number of carbonyl (C=O) groups excluding carboxylic acids is 1. The largest absolute Gasteiger partial charge is 0.458 e. The van der Waals surface area contributed by atoms with Gasteiger partial charge in [0.15, 0.2) is 18.1 Å². The number of rotatable bonds is 6. The summed E-state index contributed by atoms with van der Waals surface area (Å²) in [6.45, 7) is 6.02. The van der Waals surface area contributed by atoms with Gasteiger partial charge in [0, 0.05) is 6.20 Å². The average molecular weight is 466 g/mol. The van der Waals surface area contributed by atoms with Crippen LogP contribution in [0.15, 0.2) is 36.5 Å². The molecular formula is C25H31N5O4. The quantitative estimate of drug-likeness (QED) is 0.622. The molecule has 1 saturated heterocycles. The molecular weight excluding hydrogens is 434 g/mol. The molecule has 180 valence electrons. The van der Waals surface area contributed by atoms with Crippen molar-refractivity contribution in [2.75, 3.05) is 12.3 Å². The summed E-state index contributed by atoms with van der Waals surface area (Å²) in [4.78, 5) is 12.5. The number of anilines is 1. The molecule has 0 saturated carbocycles. The summed E-state index contributed by atoms with van der Waals surface area (Å²) >= 11 is 0. The lowest BCUT2D eigenvalue weighted by molar-refractivity contribution is -0.176. The van der Waals surface area contributed by atoms with Crippen LogP contribution in [0.3, 0.4) is 0 Å². The molecule has 2 aromatic rings. The third-order valence-electron chi connectivity index (χ3n) is 5.95. The van der Waals surface area contributed by atoms with Gasteiger partial charge < -0.3 is 25.3 Å². The van der Waals surface area contributed by atoms with Crippen LogP contribution in [0.25, 0.3) is 6.08 Å². The molecule has 3 heterocycles. The number of benzene rings is 1. The van der Waals surface area contributed by atoms with Crippen LogP contribution in [0.4, 0.5) is 5.82 Å². The van der Waals surface area contributed by atoms with E-state index in [0.717, 1.165) is 16.8 Å². The van der Waals surface area contributed by atoms with Crippen molar-refractivity contribution in [3.63, 3.8) is 0 Å². The first-order chi connectivity index (χ1) is 16.2. The third-order valence-corrected chi connectivity index (χ3v) is 5.95. The Morgan fingerprint density at radius 1 is 1.38 bits per heavy atom. The van der Waals surface area contributed by atoms with Crippen molar-refractivity contribution in [3.8, 4) is 6.07 Å². The molecule has 0 aliphatic carbocycles. The molecule has 3 N–H and O–H groups in total. The second-order valence-corrected chi connectivity index (χ2v) is 9.70. The van der Waals surface area contributed by atoms with E-state index in [9.17, 15) is 10.1 Å². The summed E-state index contributed by atoms with van der Waals surface area (Å²) in [6.07, 6.45) is 3.62. The highest BCUT2D eigenvalue weighted by Crippen LogP contribution is 2.39. The van der Waals surface area contributed by atoms with E-state index >= 15 is 0 Å². The first-order valence-corrected chi connectivity index (χ1v) is 11.4. The predicted octanol–water partition coefficient (Wildman–Crippen LogP) is 3.38. The van der Waals surface area contributed by atoms with E-state index < -0.39 is 29.4 Å². The second-order valence-electron chi connectivity index (χ2n) is 9.70. The Bertz CT molecular complexity index is 1090. The first-order valence-electron chi connectivity index (χ1n) is 11.4. The van der Waals surface area contributed by atoms with Crippen LogP contribution in [-0.4, -0.2) is 34.1 Å². The molecule has 4 rings (SSSR count). The molecule has 3 unspecified atom stereocenters. The van der Waals surface area contributed by atoms with Gasteiger partial charge in [0.05, 0.1) is 42.5 Å². The molecule has 3 atom stereocenters. The summed E-state index contributed by atoms with van der Waals surface area (Å²) in [5, 5.41) is 17.4. The Morgan fingerprint density at radius 3 is 2.79 bits per heavy atom. The Hall–Kier alpha value is -3.35. The zero-order valence-electron chi connectivity index (χ0n) is 19.8. The number of esters is 1. The lowest BCUT2D eigenvalue weighted by atomic mass is 9.86. The topological polar surface area (TPSA) is 124 Å². The Kier molecular flexibility index (Phi) is 6.64. The summed E-state index contributed by atoms with van der Waals surface area (Å²) in [5.41, 5.74) is 7.54. The highest BCUT2D eigenvalue weighted by atomic mass is 16.6. The van der Waals surface area contributed by atoms with Crippen molar-refractivity contribution in [2.24, 2.45) is 0 Å². The number of nitriles is 1. The Balaban J connectivity index is 1.56. The Morgan fingerprint density at radius 2 is 2.15 bits per heavy atom. The van der Waals surface area contributed by atoms with Gasteiger partial charge in [-0.25, -0.2) is 4.79 Å². The van der Waals surface area contributed by atoms with Gasteiger partial charge in [-0.2, -0.15) is 10.4 Å². The van der Waals surface area contributed by atoms with Crippen LogP contribution < -0.4 is 11.1 Å². The van der Waals surface area contributed by atoms with Gasteiger partial charge >= 0.3 is 5.97 Å². The number of nitrogen functional groups attached to an aromatic ring is 1. The number of carbonyl (C=O) groups is 1. The average Bonchev–Trinajstić information content (AvgIpc) is 3.16. The molecule has 1 aromatic carbocycles. The molecule has 1 aromatic heterocycles. The normalized spacial score (nSPS) is 24.1. The van der Waals surface area contributed by atoms with Gasteiger partial charge in [-0.15, -0.1) is 0 Å². The summed E-state index contributed by atoms with van der Waals surface area (Å²) in [7, 11) is 0. The van der Waals surface area contributed by atoms with Crippen molar-refractivity contribution >= 4 is 17.9 Å².